The zero-order chi connectivity index (χ0) is 17.2. The van der Waals surface area contributed by atoms with Gasteiger partial charge in [0.25, 0.3) is 5.91 Å². The molecule has 0 spiro atoms. The van der Waals surface area contributed by atoms with Crippen LogP contribution in [-0.4, -0.2) is 59.6 Å². The first-order chi connectivity index (χ1) is 10.7. The van der Waals surface area contributed by atoms with Gasteiger partial charge in [0.15, 0.2) is 0 Å². The Morgan fingerprint density at radius 2 is 1.61 bits per heavy atom. The molecule has 0 aromatic heterocycles. The zero-order valence-electron chi connectivity index (χ0n) is 15.7. The van der Waals surface area contributed by atoms with Crippen molar-refractivity contribution in [1.82, 2.24) is 9.80 Å². The molecule has 23 heavy (non-hydrogen) atoms. The van der Waals surface area contributed by atoms with Gasteiger partial charge in [-0.05, 0) is 63.3 Å². The molecule has 1 N–H and O–H groups in total. The average Bonchev–Trinajstić information content (AvgIpc) is 2.49. The minimum atomic E-state index is -1.21. The highest BCUT2D eigenvalue weighted by Crippen LogP contribution is 2.40. The third-order valence-corrected chi connectivity index (χ3v) is 6.45. The summed E-state index contributed by atoms with van der Waals surface area (Å²) in [6.45, 7) is 12.0. The third kappa shape index (κ3) is 4.69. The fourth-order valence-electron chi connectivity index (χ4n) is 4.28. The Labute approximate surface area is 142 Å². The zero-order valence-corrected chi connectivity index (χ0v) is 15.7. The number of hydrogen-bond acceptors (Lipinski definition) is 3. The predicted octanol–water partition coefficient (Wildman–Crippen LogP) is 2.61. The number of rotatable bonds is 4. The molecule has 0 aromatic rings. The molecule has 0 radical (unpaired) electrons. The van der Waals surface area contributed by atoms with Crippen LogP contribution in [0.4, 0.5) is 0 Å². The molecule has 4 nitrogen and oxygen atoms in total. The summed E-state index contributed by atoms with van der Waals surface area (Å²) in [7, 11) is 2.08. The second-order valence-electron chi connectivity index (χ2n) is 8.57. The van der Waals surface area contributed by atoms with E-state index in [2.05, 4.69) is 32.7 Å². The number of carbonyl (C=O) groups is 1. The maximum absolute atomic E-state index is 12.7. The standard InChI is InChI=1S/C19H36N2O2/c1-14-12-16(3)17(13-15(14)2)6-7-19(4,23)18(22)21-10-8-20(5)9-11-21/h14-17,23H,6-13H2,1-5H3. The largest absolute Gasteiger partial charge is 0.380 e. The Kier molecular flexibility index (Phi) is 6.12. The van der Waals surface area contributed by atoms with Gasteiger partial charge in [-0.2, -0.15) is 0 Å². The van der Waals surface area contributed by atoms with Crippen LogP contribution in [0.5, 0.6) is 0 Å². The first-order valence-electron chi connectivity index (χ1n) is 9.41. The van der Waals surface area contributed by atoms with Crippen LogP contribution >= 0.6 is 0 Å². The minimum Gasteiger partial charge on any atom is -0.380 e. The van der Waals surface area contributed by atoms with E-state index in [1.165, 1.54) is 12.8 Å². The maximum atomic E-state index is 12.7. The Balaban J connectivity index is 1.86. The summed E-state index contributed by atoms with van der Waals surface area (Å²) in [4.78, 5) is 16.7. The van der Waals surface area contributed by atoms with E-state index in [1.807, 2.05) is 4.90 Å². The number of hydrogen-bond donors (Lipinski definition) is 1. The van der Waals surface area contributed by atoms with Crippen molar-refractivity contribution in [3.8, 4) is 0 Å². The highest BCUT2D eigenvalue weighted by Gasteiger charge is 2.37. The molecule has 0 aromatic carbocycles. The molecule has 1 heterocycles. The molecule has 2 rings (SSSR count). The molecule has 5 atom stereocenters. The number of aliphatic hydroxyl groups is 1. The lowest BCUT2D eigenvalue weighted by Crippen LogP contribution is -2.54. The highest BCUT2D eigenvalue weighted by atomic mass is 16.3. The average molecular weight is 325 g/mol. The van der Waals surface area contributed by atoms with Crippen LogP contribution in [0, 0.1) is 23.7 Å². The molecule has 1 saturated carbocycles. The van der Waals surface area contributed by atoms with Gasteiger partial charge in [-0.15, -0.1) is 0 Å². The van der Waals surface area contributed by atoms with Gasteiger partial charge in [0.2, 0.25) is 0 Å². The van der Waals surface area contributed by atoms with Crippen molar-refractivity contribution in [2.75, 3.05) is 33.2 Å². The Morgan fingerprint density at radius 3 is 2.22 bits per heavy atom. The molecule has 1 saturated heterocycles. The summed E-state index contributed by atoms with van der Waals surface area (Å²) in [5.41, 5.74) is -1.21. The second-order valence-corrected chi connectivity index (χ2v) is 8.57. The molecule has 4 heteroatoms. The smallest absolute Gasteiger partial charge is 0.254 e. The molecule has 0 bridgehead atoms. The molecular formula is C19H36N2O2. The van der Waals surface area contributed by atoms with Crippen molar-refractivity contribution in [1.29, 1.82) is 0 Å². The van der Waals surface area contributed by atoms with E-state index in [9.17, 15) is 9.90 Å². The van der Waals surface area contributed by atoms with Gasteiger partial charge < -0.3 is 14.9 Å². The summed E-state index contributed by atoms with van der Waals surface area (Å²) < 4.78 is 0. The summed E-state index contributed by atoms with van der Waals surface area (Å²) in [6, 6.07) is 0. The molecule has 1 aliphatic carbocycles. The first kappa shape index (κ1) is 18.7. The highest BCUT2D eigenvalue weighted by molar-refractivity contribution is 5.84. The number of piperazine rings is 1. The summed E-state index contributed by atoms with van der Waals surface area (Å²) in [5.74, 6) is 2.84. The number of amides is 1. The van der Waals surface area contributed by atoms with E-state index in [0.29, 0.717) is 18.3 Å². The summed E-state index contributed by atoms with van der Waals surface area (Å²) in [5, 5.41) is 10.7. The van der Waals surface area contributed by atoms with Crippen molar-refractivity contribution in [3.05, 3.63) is 0 Å². The van der Waals surface area contributed by atoms with Gasteiger partial charge in [-0.3, -0.25) is 4.79 Å². The topological polar surface area (TPSA) is 43.8 Å². The van der Waals surface area contributed by atoms with E-state index in [4.69, 9.17) is 0 Å². The monoisotopic (exact) mass is 324 g/mol. The quantitative estimate of drug-likeness (QED) is 0.864. The van der Waals surface area contributed by atoms with E-state index in [1.54, 1.807) is 6.92 Å². The molecule has 1 amide bonds. The third-order valence-electron chi connectivity index (χ3n) is 6.45. The Bertz CT molecular complexity index is 402. The summed E-state index contributed by atoms with van der Waals surface area (Å²) in [6.07, 6.45) is 4.07. The van der Waals surface area contributed by atoms with E-state index in [-0.39, 0.29) is 5.91 Å². The lowest BCUT2D eigenvalue weighted by Gasteiger charge is -2.40. The fourth-order valence-corrected chi connectivity index (χ4v) is 4.28. The normalized spacial score (nSPS) is 35.8. The maximum Gasteiger partial charge on any atom is 0.254 e. The van der Waals surface area contributed by atoms with Gasteiger partial charge in [0.1, 0.15) is 5.60 Å². The lowest BCUT2D eigenvalue weighted by molar-refractivity contribution is -0.152. The first-order valence-corrected chi connectivity index (χ1v) is 9.41. The van der Waals surface area contributed by atoms with Crippen LogP contribution in [0.2, 0.25) is 0 Å². The van der Waals surface area contributed by atoms with Crippen LogP contribution in [0.15, 0.2) is 0 Å². The summed E-state index contributed by atoms with van der Waals surface area (Å²) >= 11 is 0. The number of nitrogens with zero attached hydrogens (tertiary/aromatic N) is 2. The van der Waals surface area contributed by atoms with Crippen LogP contribution < -0.4 is 0 Å². The molecule has 134 valence electrons. The Morgan fingerprint density at radius 1 is 1.04 bits per heavy atom. The molecule has 2 aliphatic rings. The number of carbonyl (C=O) groups excluding carboxylic acids is 1. The predicted molar refractivity (Wildman–Crippen MR) is 94.2 cm³/mol. The van der Waals surface area contributed by atoms with Crippen molar-refractivity contribution in [2.45, 2.75) is 59.0 Å². The van der Waals surface area contributed by atoms with Crippen molar-refractivity contribution >= 4 is 5.91 Å². The van der Waals surface area contributed by atoms with Crippen LogP contribution in [0.3, 0.4) is 0 Å². The second kappa shape index (κ2) is 7.52. The van der Waals surface area contributed by atoms with Gasteiger partial charge in [-0.1, -0.05) is 20.8 Å². The molecule has 5 unspecified atom stereocenters. The van der Waals surface area contributed by atoms with Gasteiger partial charge in [0.05, 0.1) is 0 Å². The van der Waals surface area contributed by atoms with E-state index < -0.39 is 5.60 Å². The van der Waals surface area contributed by atoms with Gasteiger partial charge in [0, 0.05) is 26.2 Å². The van der Waals surface area contributed by atoms with Gasteiger partial charge >= 0.3 is 0 Å². The van der Waals surface area contributed by atoms with Crippen molar-refractivity contribution < 1.29 is 9.90 Å². The molecule has 1 aliphatic heterocycles. The Hall–Kier alpha value is -0.610. The van der Waals surface area contributed by atoms with Crippen LogP contribution in [0.25, 0.3) is 0 Å². The molecule has 2 fully saturated rings. The van der Waals surface area contributed by atoms with Crippen LogP contribution in [0.1, 0.15) is 53.4 Å². The minimum absolute atomic E-state index is 0.0736. The lowest BCUT2D eigenvalue weighted by atomic mass is 9.68. The fraction of sp³-hybridized carbons (Fsp3) is 0.947. The number of likely N-dealkylation sites (N-methyl/N-ethyl adjacent to an activating group) is 1. The van der Waals surface area contributed by atoms with Gasteiger partial charge in [-0.25, -0.2) is 0 Å². The van der Waals surface area contributed by atoms with E-state index in [0.717, 1.165) is 44.4 Å². The van der Waals surface area contributed by atoms with Crippen molar-refractivity contribution in [2.24, 2.45) is 23.7 Å². The van der Waals surface area contributed by atoms with Crippen LogP contribution in [-0.2, 0) is 4.79 Å². The molecular weight excluding hydrogens is 288 g/mol. The SMILES string of the molecule is CC1CC(C)C(CCC(C)(O)C(=O)N2CCN(C)CC2)CC1C. The van der Waals surface area contributed by atoms with E-state index >= 15 is 0 Å². The van der Waals surface area contributed by atoms with Crippen molar-refractivity contribution in [3.63, 3.8) is 0 Å².